The van der Waals surface area contributed by atoms with Crippen LogP contribution in [0.25, 0.3) is 0 Å². The first-order valence-corrected chi connectivity index (χ1v) is 8.01. The number of benzene rings is 2. The first-order valence-electron chi connectivity index (χ1n) is 5.98. The minimum atomic E-state index is -3.66. The first-order chi connectivity index (χ1) is 9.42. The van der Waals surface area contributed by atoms with Gasteiger partial charge in [-0.25, -0.2) is 8.42 Å². The van der Waals surface area contributed by atoms with E-state index in [1.807, 2.05) is 0 Å². The summed E-state index contributed by atoms with van der Waals surface area (Å²) in [7, 11) is -3.66. The van der Waals surface area contributed by atoms with Crippen LogP contribution in [0.2, 0.25) is 5.02 Å². The van der Waals surface area contributed by atoms with Crippen LogP contribution in [0.5, 0.6) is 0 Å². The zero-order valence-electron chi connectivity index (χ0n) is 10.8. The summed E-state index contributed by atoms with van der Waals surface area (Å²) in [4.78, 5) is 12.3. The van der Waals surface area contributed by atoms with Gasteiger partial charge in [0.1, 0.15) is 5.75 Å². The van der Waals surface area contributed by atoms with Gasteiger partial charge in [0.05, 0.1) is 9.92 Å². The van der Waals surface area contributed by atoms with Gasteiger partial charge in [-0.05, 0) is 30.7 Å². The Morgan fingerprint density at radius 3 is 2.30 bits per heavy atom. The van der Waals surface area contributed by atoms with Crippen molar-refractivity contribution in [1.82, 2.24) is 0 Å². The maximum absolute atomic E-state index is 12.3. The molecule has 0 fully saturated rings. The molecule has 3 nitrogen and oxygen atoms in total. The number of halogens is 1. The second-order valence-corrected chi connectivity index (χ2v) is 6.79. The van der Waals surface area contributed by atoms with Crippen LogP contribution in [0, 0.1) is 6.92 Å². The zero-order chi connectivity index (χ0) is 14.8. The van der Waals surface area contributed by atoms with E-state index in [0.717, 1.165) is 0 Å². The summed E-state index contributed by atoms with van der Waals surface area (Å²) in [6.45, 7) is 1.70. The van der Waals surface area contributed by atoms with E-state index >= 15 is 0 Å². The lowest BCUT2D eigenvalue weighted by Crippen LogP contribution is -2.17. The standard InChI is InChI=1S/C15H13ClO3S/c1-11-6-2-5-9-15(11)20(18,19)10-14(17)12-7-3-4-8-13(12)16/h2-9H,10H2,1H3. The number of ketones is 1. The van der Waals surface area contributed by atoms with Gasteiger partial charge in [0.2, 0.25) is 0 Å². The molecular formula is C15H13ClO3S. The SMILES string of the molecule is Cc1ccccc1S(=O)(=O)CC(=O)c1ccccc1Cl. The van der Waals surface area contributed by atoms with Gasteiger partial charge in [0, 0.05) is 5.56 Å². The van der Waals surface area contributed by atoms with Gasteiger partial charge in [-0.3, -0.25) is 4.79 Å². The summed E-state index contributed by atoms with van der Waals surface area (Å²) in [6.07, 6.45) is 0. The second kappa shape index (κ2) is 5.77. The van der Waals surface area contributed by atoms with Crippen LogP contribution in [0.3, 0.4) is 0 Å². The Balaban J connectivity index is 2.33. The van der Waals surface area contributed by atoms with Crippen molar-refractivity contribution in [2.24, 2.45) is 0 Å². The highest BCUT2D eigenvalue weighted by Gasteiger charge is 2.22. The van der Waals surface area contributed by atoms with Crippen LogP contribution in [0.4, 0.5) is 0 Å². The van der Waals surface area contributed by atoms with Gasteiger partial charge >= 0.3 is 0 Å². The molecule has 0 saturated carbocycles. The van der Waals surface area contributed by atoms with Crippen molar-refractivity contribution >= 4 is 27.2 Å². The Kier molecular flexibility index (Phi) is 4.26. The monoisotopic (exact) mass is 308 g/mol. The summed E-state index contributed by atoms with van der Waals surface area (Å²) in [5.74, 6) is -1.08. The molecule has 0 aromatic heterocycles. The molecule has 0 bridgehead atoms. The van der Waals surface area contributed by atoms with Gasteiger partial charge in [0.25, 0.3) is 0 Å². The average molecular weight is 309 g/mol. The van der Waals surface area contributed by atoms with Crippen molar-refractivity contribution < 1.29 is 13.2 Å². The molecule has 0 radical (unpaired) electrons. The number of hydrogen-bond donors (Lipinski definition) is 0. The summed E-state index contributed by atoms with van der Waals surface area (Å²) in [5, 5.41) is 0.262. The molecular weight excluding hydrogens is 296 g/mol. The fraction of sp³-hybridized carbons (Fsp3) is 0.133. The fourth-order valence-electron chi connectivity index (χ4n) is 1.92. The second-order valence-electron chi connectivity index (χ2n) is 4.43. The van der Waals surface area contributed by atoms with E-state index in [4.69, 9.17) is 11.6 Å². The molecule has 0 aliphatic rings. The Morgan fingerprint density at radius 2 is 1.65 bits per heavy atom. The molecule has 0 aliphatic carbocycles. The van der Waals surface area contributed by atoms with Crippen molar-refractivity contribution in [3.05, 3.63) is 64.7 Å². The lowest BCUT2D eigenvalue weighted by Gasteiger charge is -2.07. The molecule has 5 heteroatoms. The molecule has 0 unspecified atom stereocenters. The molecule has 2 rings (SSSR count). The van der Waals surface area contributed by atoms with Gasteiger partial charge in [-0.2, -0.15) is 0 Å². The Labute approximate surface area is 123 Å². The first kappa shape index (κ1) is 14.8. The Morgan fingerprint density at radius 1 is 1.05 bits per heavy atom. The van der Waals surface area contributed by atoms with Crippen molar-refractivity contribution in [3.63, 3.8) is 0 Å². The van der Waals surface area contributed by atoms with Crippen molar-refractivity contribution in [1.29, 1.82) is 0 Å². The molecule has 0 amide bonds. The van der Waals surface area contributed by atoms with E-state index < -0.39 is 21.4 Å². The fourth-order valence-corrected chi connectivity index (χ4v) is 3.66. The van der Waals surface area contributed by atoms with Gasteiger partial charge in [-0.1, -0.05) is 41.9 Å². The largest absolute Gasteiger partial charge is 0.293 e. The van der Waals surface area contributed by atoms with Crippen LogP contribution >= 0.6 is 11.6 Å². The quantitative estimate of drug-likeness (QED) is 0.814. The molecule has 20 heavy (non-hydrogen) atoms. The topological polar surface area (TPSA) is 51.2 Å². The molecule has 104 valence electrons. The predicted molar refractivity (Wildman–Crippen MR) is 79.0 cm³/mol. The van der Waals surface area contributed by atoms with Gasteiger partial charge < -0.3 is 0 Å². The van der Waals surface area contributed by atoms with Crippen molar-refractivity contribution in [2.45, 2.75) is 11.8 Å². The van der Waals surface area contributed by atoms with E-state index in [1.54, 1.807) is 43.3 Å². The van der Waals surface area contributed by atoms with Crippen LogP contribution in [0.1, 0.15) is 15.9 Å². The lowest BCUT2D eigenvalue weighted by atomic mass is 10.1. The maximum atomic E-state index is 12.3. The summed E-state index contributed by atoms with van der Waals surface area (Å²) in [6, 6.07) is 13.0. The molecule has 0 saturated heterocycles. The van der Waals surface area contributed by atoms with Crippen LogP contribution in [0.15, 0.2) is 53.4 Å². The zero-order valence-corrected chi connectivity index (χ0v) is 12.4. The summed E-state index contributed by atoms with van der Waals surface area (Å²) in [5.41, 5.74) is 0.853. The minimum Gasteiger partial charge on any atom is -0.293 e. The third kappa shape index (κ3) is 3.08. The van der Waals surface area contributed by atoms with Gasteiger partial charge in [-0.15, -0.1) is 0 Å². The number of aryl methyl sites for hydroxylation is 1. The highest BCUT2D eigenvalue weighted by Crippen LogP contribution is 2.20. The van der Waals surface area contributed by atoms with E-state index in [-0.39, 0.29) is 15.5 Å². The molecule has 2 aromatic rings. The molecule has 0 atom stereocenters. The number of Topliss-reactive ketones (excluding diaryl/α,β-unsaturated/α-hetero) is 1. The van der Waals surface area contributed by atoms with Crippen LogP contribution < -0.4 is 0 Å². The summed E-state index contributed by atoms with van der Waals surface area (Å²) >= 11 is 5.91. The molecule has 2 aromatic carbocycles. The molecule has 0 N–H and O–H groups in total. The number of rotatable bonds is 4. The third-order valence-electron chi connectivity index (χ3n) is 2.92. The van der Waals surface area contributed by atoms with E-state index in [1.165, 1.54) is 12.1 Å². The van der Waals surface area contributed by atoms with Crippen molar-refractivity contribution in [2.75, 3.05) is 5.75 Å². The number of carbonyl (C=O) groups is 1. The smallest absolute Gasteiger partial charge is 0.186 e. The molecule has 0 aliphatic heterocycles. The Hall–Kier alpha value is -1.65. The number of sulfone groups is 1. The molecule has 0 heterocycles. The summed E-state index contributed by atoms with van der Waals surface area (Å²) < 4.78 is 24.6. The predicted octanol–water partition coefficient (Wildman–Crippen LogP) is 3.31. The lowest BCUT2D eigenvalue weighted by molar-refractivity contribution is 0.102. The minimum absolute atomic E-state index is 0.181. The highest BCUT2D eigenvalue weighted by atomic mass is 35.5. The van der Waals surface area contributed by atoms with E-state index in [0.29, 0.717) is 5.56 Å². The average Bonchev–Trinajstić information content (AvgIpc) is 2.38. The van der Waals surface area contributed by atoms with E-state index in [9.17, 15) is 13.2 Å². The normalized spacial score (nSPS) is 11.3. The Bertz CT molecular complexity index is 751. The van der Waals surface area contributed by atoms with Crippen LogP contribution in [-0.2, 0) is 9.84 Å². The number of carbonyl (C=O) groups excluding carboxylic acids is 1. The van der Waals surface area contributed by atoms with Crippen LogP contribution in [-0.4, -0.2) is 20.0 Å². The van der Waals surface area contributed by atoms with Crippen molar-refractivity contribution in [3.8, 4) is 0 Å². The van der Waals surface area contributed by atoms with Gasteiger partial charge in [0.15, 0.2) is 15.6 Å². The maximum Gasteiger partial charge on any atom is 0.186 e. The number of hydrogen-bond acceptors (Lipinski definition) is 3. The highest BCUT2D eigenvalue weighted by molar-refractivity contribution is 7.92. The van der Waals surface area contributed by atoms with E-state index in [2.05, 4.69) is 0 Å². The molecule has 0 spiro atoms. The third-order valence-corrected chi connectivity index (χ3v) is 5.02.